The maximum absolute atomic E-state index is 12.1. The van der Waals surface area contributed by atoms with Gasteiger partial charge in [0.15, 0.2) is 0 Å². The lowest BCUT2D eigenvalue weighted by Crippen LogP contribution is -2.41. The second kappa shape index (κ2) is 9.22. The van der Waals surface area contributed by atoms with Gasteiger partial charge in [0.05, 0.1) is 6.54 Å². The van der Waals surface area contributed by atoms with E-state index in [-0.39, 0.29) is 18.4 Å². The standard InChI is InChI=1S/C19H28N4O2/c1-15(24)23(12-6-11-22(2)3)14-19(25)20-10-9-16-13-21-18-8-5-4-7-17(16)18/h4-5,7-8,13,21H,6,9-12,14H2,1-3H3,(H,20,25). The Morgan fingerprint density at radius 1 is 1.16 bits per heavy atom. The molecule has 1 aromatic carbocycles. The van der Waals surface area contributed by atoms with Crippen LogP contribution in [0.4, 0.5) is 0 Å². The molecule has 0 spiro atoms. The molecule has 2 rings (SSSR count). The molecule has 0 saturated carbocycles. The van der Waals surface area contributed by atoms with Gasteiger partial charge in [-0.1, -0.05) is 18.2 Å². The van der Waals surface area contributed by atoms with Crippen molar-refractivity contribution in [3.8, 4) is 0 Å². The Bertz CT molecular complexity index is 708. The highest BCUT2D eigenvalue weighted by atomic mass is 16.2. The second-order valence-corrected chi connectivity index (χ2v) is 6.56. The van der Waals surface area contributed by atoms with Crippen molar-refractivity contribution in [1.82, 2.24) is 20.1 Å². The summed E-state index contributed by atoms with van der Waals surface area (Å²) in [6.07, 6.45) is 3.60. The first-order valence-electron chi connectivity index (χ1n) is 8.69. The van der Waals surface area contributed by atoms with Crippen molar-refractivity contribution >= 4 is 22.7 Å². The van der Waals surface area contributed by atoms with E-state index < -0.39 is 0 Å². The predicted octanol–water partition coefficient (Wildman–Crippen LogP) is 1.63. The SMILES string of the molecule is CC(=O)N(CCCN(C)C)CC(=O)NCCc1c[nH]c2ccccc12. The summed E-state index contributed by atoms with van der Waals surface area (Å²) >= 11 is 0. The Balaban J connectivity index is 1.77. The zero-order valence-corrected chi connectivity index (χ0v) is 15.3. The van der Waals surface area contributed by atoms with Crippen molar-refractivity contribution in [2.24, 2.45) is 0 Å². The molecule has 0 radical (unpaired) electrons. The minimum absolute atomic E-state index is 0.0643. The predicted molar refractivity (Wildman–Crippen MR) is 100 cm³/mol. The summed E-state index contributed by atoms with van der Waals surface area (Å²) in [6, 6.07) is 8.12. The van der Waals surface area contributed by atoms with Gasteiger partial charge in [0.1, 0.15) is 0 Å². The minimum Gasteiger partial charge on any atom is -0.361 e. The van der Waals surface area contributed by atoms with Gasteiger partial charge in [0.25, 0.3) is 0 Å². The largest absolute Gasteiger partial charge is 0.361 e. The van der Waals surface area contributed by atoms with E-state index in [9.17, 15) is 9.59 Å². The molecular formula is C19H28N4O2. The van der Waals surface area contributed by atoms with Crippen LogP contribution in [0.2, 0.25) is 0 Å². The number of carbonyl (C=O) groups is 2. The van der Waals surface area contributed by atoms with Gasteiger partial charge in [-0.05, 0) is 45.1 Å². The Morgan fingerprint density at radius 2 is 1.92 bits per heavy atom. The number of hydrogen-bond acceptors (Lipinski definition) is 3. The van der Waals surface area contributed by atoms with Gasteiger partial charge < -0.3 is 20.1 Å². The van der Waals surface area contributed by atoms with Crippen molar-refractivity contribution in [2.45, 2.75) is 19.8 Å². The Hall–Kier alpha value is -2.34. The summed E-state index contributed by atoms with van der Waals surface area (Å²) in [5, 5.41) is 4.10. The highest BCUT2D eigenvalue weighted by molar-refractivity contribution is 5.84. The number of hydrogen-bond donors (Lipinski definition) is 2. The van der Waals surface area contributed by atoms with Crippen molar-refractivity contribution < 1.29 is 9.59 Å². The molecule has 0 saturated heterocycles. The van der Waals surface area contributed by atoms with Crippen LogP contribution in [0, 0.1) is 0 Å². The van der Waals surface area contributed by atoms with Gasteiger partial charge in [-0.2, -0.15) is 0 Å². The second-order valence-electron chi connectivity index (χ2n) is 6.56. The molecule has 0 aliphatic heterocycles. The molecule has 1 aromatic heterocycles. The van der Waals surface area contributed by atoms with Crippen LogP contribution in [0.1, 0.15) is 18.9 Å². The lowest BCUT2D eigenvalue weighted by atomic mass is 10.1. The van der Waals surface area contributed by atoms with Crippen LogP contribution >= 0.6 is 0 Å². The molecule has 0 aliphatic carbocycles. The average Bonchev–Trinajstić information content (AvgIpc) is 2.97. The van der Waals surface area contributed by atoms with Crippen LogP contribution < -0.4 is 5.32 Å². The van der Waals surface area contributed by atoms with E-state index in [0.717, 1.165) is 24.9 Å². The molecule has 136 valence electrons. The van der Waals surface area contributed by atoms with Gasteiger partial charge >= 0.3 is 0 Å². The molecule has 0 unspecified atom stereocenters. The van der Waals surface area contributed by atoms with Gasteiger partial charge in [0, 0.05) is 37.1 Å². The molecule has 0 aliphatic rings. The van der Waals surface area contributed by atoms with Crippen molar-refractivity contribution in [1.29, 1.82) is 0 Å². The number of H-pyrrole nitrogens is 1. The van der Waals surface area contributed by atoms with E-state index in [4.69, 9.17) is 0 Å². The van der Waals surface area contributed by atoms with Crippen LogP contribution in [-0.4, -0.2) is 66.9 Å². The summed E-state index contributed by atoms with van der Waals surface area (Å²) in [7, 11) is 3.99. The minimum atomic E-state index is -0.111. The topological polar surface area (TPSA) is 68.4 Å². The maximum atomic E-state index is 12.1. The molecule has 2 N–H and O–H groups in total. The number of carbonyl (C=O) groups excluding carboxylic acids is 2. The van der Waals surface area contributed by atoms with Gasteiger partial charge in [-0.3, -0.25) is 9.59 Å². The Labute approximate surface area is 149 Å². The molecule has 25 heavy (non-hydrogen) atoms. The first kappa shape index (κ1) is 19.0. The summed E-state index contributed by atoms with van der Waals surface area (Å²) in [6.45, 7) is 3.69. The van der Waals surface area contributed by atoms with E-state index in [1.807, 2.05) is 38.5 Å². The number of nitrogens with one attached hydrogen (secondary N) is 2. The highest BCUT2D eigenvalue weighted by Gasteiger charge is 2.13. The fourth-order valence-corrected chi connectivity index (χ4v) is 2.83. The lowest BCUT2D eigenvalue weighted by molar-refractivity contribution is -0.134. The number of amides is 2. The molecule has 2 amide bonds. The molecule has 6 heteroatoms. The number of rotatable bonds is 9. The van der Waals surface area contributed by atoms with Crippen molar-refractivity contribution in [3.63, 3.8) is 0 Å². The van der Waals surface area contributed by atoms with Gasteiger partial charge in [-0.15, -0.1) is 0 Å². The zero-order chi connectivity index (χ0) is 18.2. The van der Waals surface area contributed by atoms with Crippen molar-refractivity contribution in [2.75, 3.05) is 40.3 Å². The van der Waals surface area contributed by atoms with E-state index in [0.29, 0.717) is 13.1 Å². The van der Waals surface area contributed by atoms with Crippen LogP contribution in [0.5, 0.6) is 0 Å². The fourth-order valence-electron chi connectivity index (χ4n) is 2.83. The Morgan fingerprint density at radius 3 is 2.64 bits per heavy atom. The molecule has 2 aromatic rings. The first-order valence-corrected chi connectivity index (χ1v) is 8.69. The number of fused-ring (bicyclic) bond motifs is 1. The molecule has 0 atom stereocenters. The quantitative estimate of drug-likeness (QED) is 0.726. The third-order valence-electron chi connectivity index (χ3n) is 4.20. The van der Waals surface area contributed by atoms with E-state index in [2.05, 4.69) is 21.3 Å². The summed E-state index contributed by atoms with van der Waals surface area (Å²) in [5.41, 5.74) is 2.29. The van der Waals surface area contributed by atoms with E-state index >= 15 is 0 Å². The van der Waals surface area contributed by atoms with Crippen molar-refractivity contribution in [3.05, 3.63) is 36.0 Å². The first-order chi connectivity index (χ1) is 12.0. The van der Waals surface area contributed by atoms with Crippen LogP contribution in [0.25, 0.3) is 10.9 Å². The van der Waals surface area contributed by atoms with E-state index in [1.165, 1.54) is 17.9 Å². The number of aromatic amines is 1. The summed E-state index contributed by atoms with van der Waals surface area (Å²) in [5.74, 6) is -0.176. The average molecular weight is 344 g/mol. The Kier molecular flexibility index (Phi) is 7.01. The van der Waals surface area contributed by atoms with Gasteiger partial charge in [0.2, 0.25) is 11.8 Å². The monoisotopic (exact) mass is 344 g/mol. The zero-order valence-electron chi connectivity index (χ0n) is 15.3. The third kappa shape index (κ3) is 5.90. The number of nitrogens with zero attached hydrogens (tertiary/aromatic N) is 2. The van der Waals surface area contributed by atoms with Gasteiger partial charge in [-0.25, -0.2) is 0 Å². The lowest BCUT2D eigenvalue weighted by Gasteiger charge is -2.21. The smallest absolute Gasteiger partial charge is 0.239 e. The highest BCUT2D eigenvalue weighted by Crippen LogP contribution is 2.17. The summed E-state index contributed by atoms with van der Waals surface area (Å²) < 4.78 is 0. The molecular weight excluding hydrogens is 316 g/mol. The number of benzene rings is 1. The summed E-state index contributed by atoms with van der Waals surface area (Å²) in [4.78, 5) is 30.7. The van der Waals surface area contributed by atoms with Crippen LogP contribution in [-0.2, 0) is 16.0 Å². The molecule has 1 heterocycles. The third-order valence-corrected chi connectivity index (χ3v) is 4.20. The maximum Gasteiger partial charge on any atom is 0.239 e. The number of para-hydroxylation sites is 1. The molecule has 0 fully saturated rings. The number of aromatic nitrogens is 1. The molecule has 0 bridgehead atoms. The normalized spacial score (nSPS) is 11.0. The van der Waals surface area contributed by atoms with E-state index in [1.54, 1.807) is 4.90 Å². The van der Waals surface area contributed by atoms with Crippen LogP contribution in [0.15, 0.2) is 30.5 Å². The fraction of sp³-hybridized carbons (Fsp3) is 0.474. The van der Waals surface area contributed by atoms with Crippen LogP contribution in [0.3, 0.4) is 0 Å². The molecule has 6 nitrogen and oxygen atoms in total.